The summed E-state index contributed by atoms with van der Waals surface area (Å²) in [6.07, 6.45) is 1.78. The molecule has 0 radical (unpaired) electrons. The average molecular weight is 81.1 g/mol. The number of fused-ring (bicyclic) bond motifs is 1. The van der Waals surface area contributed by atoms with Crippen LogP contribution in [-0.2, 0) is 6.54 Å². The van der Waals surface area contributed by atoms with Crippen LogP contribution in [0.2, 0.25) is 0 Å². The van der Waals surface area contributed by atoms with Crippen molar-refractivity contribution >= 4 is 0 Å². The Bertz CT molecular complexity index is 150. The van der Waals surface area contributed by atoms with Gasteiger partial charge in [0.05, 0.1) is 18.4 Å². The SMILES string of the molecule is c1nnn2c1C2. The lowest BCUT2D eigenvalue weighted by Gasteiger charge is -1.59. The lowest BCUT2D eigenvalue weighted by Crippen LogP contribution is -1.75. The summed E-state index contributed by atoms with van der Waals surface area (Å²) in [5.74, 6) is 0. The minimum atomic E-state index is 1.02. The predicted octanol–water partition coefficient (Wildman–Crippen LogP) is -0.360. The first-order chi connectivity index (χ1) is 2.97. The van der Waals surface area contributed by atoms with E-state index in [4.69, 9.17) is 0 Å². The number of aromatic nitrogens is 3. The topological polar surface area (TPSA) is 30.7 Å². The second-order valence-electron chi connectivity index (χ2n) is 1.38. The first-order valence-corrected chi connectivity index (χ1v) is 1.84. The summed E-state index contributed by atoms with van der Waals surface area (Å²) in [6.45, 7) is 1.02. The second kappa shape index (κ2) is 0.489. The van der Waals surface area contributed by atoms with Gasteiger partial charge in [-0.15, -0.1) is 5.10 Å². The molecule has 1 aromatic heterocycles. The fourth-order valence-electron chi connectivity index (χ4n) is 0.469. The van der Waals surface area contributed by atoms with E-state index in [1.54, 1.807) is 6.20 Å². The normalized spacial score (nSPS) is 14.0. The van der Waals surface area contributed by atoms with E-state index in [-0.39, 0.29) is 0 Å². The van der Waals surface area contributed by atoms with Crippen molar-refractivity contribution in [2.24, 2.45) is 0 Å². The van der Waals surface area contributed by atoms with Crippen LogP contribution in [0.4, 0.5) is 0 Å². The predicted molar refractivity (Wildman–Crippen MR) is 19.1 cm³/mol. The second-order valence-corrected chi connectivity index (χ2v) is 1.38. The quantitative estimate of drug-likeness (QED) is 0.433. The van der Waals surface area contributed by atoms with E-state index in [1.165, 1.54) is 5.69 Å². The van der Waals surface area contributed by atoms with Gasteiger partial charge in [0.2, 0.25) is 0 Å². The largest absolute Gasteiger partial charge is 0.241 e. The number of nitrogens with zero attached hydrogens (tertiary/aromatic N) is 3. The molecule has 1 aliphatic rings. The average Bonchev–Trinajstić information content (AvgIpc) is 2.17. The summed E-state index contributed by atoms with van der Waals surface area (Å²) in [5, 5.41) is 7.28. The van der Waals surface area contributed by atoms with Gasteiger partial charge in [0.1, 0.15) is 0 Å². The first-order valence-electron chi connectivity index (χ1n) is 1.84. The van der Waals surface area contributed by atoms with E-state index in [2.05, 4.69) is 10.3 Å². The third-order valence-electron chi connectivity index (χ3n) is 0.906. The Hall–Kier alpha value is -0.860. The molecule has 6 heavy (non-hydrogen) atoms. The van der Waals surface area contributed by atoms with Crippen molar-refractivity contribution in [3.8, 4) is 0 Å². The van der Waals surface area contributed by atoms with Crippen molar-refractivity contribution in [2.45, 2.75) is 6.54 Å². The van der Waals surface area contributed by atoms with Crippen LogP contribution in [0.15, 0.2) is 6.20 Å². The maximum Gasteiger partial charge on any atom is 0.0866 e. The lowest BCUT2D eigenvalue weighted by molar-refractivity contribution is 0.798. The van der Waals surface area contributed by atoms with Gasteiger partial charge in [0.15, 0.2) is 0 Å². The monoisotopic (exact) mass is 81.0 g/mol. The molecule has 0 saturated carbocycles. The molecule has 0 bridgehead atoms. The van der Waals surface area contributed by atoms with Crippen LogP contribution in [0.1, 0.15) is 5.69 Å². The fraction of sp³-hybridized carbons (Fsp3) is 0.333. The Morgan fingerprint density at radius 2 is 2.83 bits per heavy atom. The van der Waals surface area contributed by atoms with Crippen LogP contribution in [0.25, 0.3) is 0 Å². The maximum absolute atomic E-state index is 3.68. The van der Waals surface area contributed by atoms with Gasteiger partial charge in [0.25, 0.3) is 0 Å². The van der Waals surface area contributed by atoms with Gasteiger partial charge in [0, 0.05) is 0 Å². The molecular weight excluding hydrogens is 78.1 g/mol. The summed E-state index contributed by atoms with van der Waals surface area (Å²) in [6, 6.07) is 0. The van der Waals surface area contributed by atoms with Gasteiger partial charge in [-0.1, -0.05) is 5.21 Å². The molecule has 1 aromatic rings. The zero-order chi connectivity index (χ0) is 3.98. The van der Waals surface area contributed by atoms with Gasteiger partial charge >= 0.3 is 0 Å². The molecule has 2 rings (SSSR count). The maximum atomic E-state index is 3.68. The Labute approximate surface area is 34.6 Å². The summed E-state index contributed by atoms with van der Waals surface area (Å²) in [4.78, 5) is 0. The lowest BCUT2D eigenvalue weighted by atomic mass is 10.7. The highest BCUT2D eigenvalue weighted by atomic mass is 15.5. The third kappa shape index (κ3) is 0.116. The van der Waals surface area contributed by atoms with Crippen LogP contribution in [0, 0.1) is 0 Å². The highest BCUT2D eigenvalue weighted by Gasteiger charge is 2.15. The molecule has 0 unspecified atom stereocenters. The van der Waals surface area contributed by atoms with Crippen molar-refractivity contribution in [1.82, 2.24) is 15.0 Å². The van der Waals surface area contributed by atoms with Gasteiger partial charge < -0.3 is 0 Å². The minimum Gasteiger partial charge on any atom is -0.241 e. The van der Waals surface area contributed by atoms with Crippen molar-refractivity contribution in [3.63, 3.8) is 0 Å². The standard InChI is InChI=1S/C3H3N3/c1-3-2-6(3)5-4-1/h1H,2H2. The fourth-order valence-corrected chi connectivity index (χ4v) is 0.469. The Morgan fingerprint density at radius 1 is 1.83 bits per heavy atom. The van der Waals surface area contributed by atoms with E-state index in [1.807, 2.05) is 4.68 Å². The van der Waals surface area contributed by atoms with E-state index in [9.17, 15) is 0 Å². The molecule has 0 N–H and O–H groups in total. The van der Waals surface area contributed by atoms with Gasteiger partial charge in [-0.2, -0.15) is 0 Å². The van der Waals surface area contributed by atoms with E-state index in [0.29, 0.717) is 0 Å². The van der Waals surface area contributed by atoms with Crippen LogP contribution >= 0.6 is 0 Å². The van der Waals surface area contributed by atoms with Crippen LogP contribution in [0.3, 0.4) is 0 Å². The van der Waals surface area contributed by atoms with Crippen molar-refractivity contribution in [1.29, 1.82) is 0 Å². The van der Waals surface area contributed by atoms with Crippen molar-refractivity contribution in [3.05, 3.63) is 11.9 Å². The number of hydrogen-bond acceptors (Lipinski definition) is 2. The van der Waals surface area contributed by atoms with Crippen molar-refractivity contribution < 1.29 is 0 Å². The van der Waals surface area contributed by atoms with Crippen molar-refractivity contribution in [2.75, 3.05) is 0 Å². The van der Waals surface area contributed by atoms with Crippen LogP contribution < -0.4 is 0 Å². The molecule has 30 valence electrons. The Morgan fingerprint density at radius 3 is 3.00 bits per heavy atom. The van der Waals surface area contributed by atoms with Crippen LogP contribution in [-0.4, -0.2) is 15.0 Å². The Kier molecular flexibility index (Phi) is 0.190. The van der Waals surface area contributed by atoms with Gasteiger partial charge in [-0.05, 0) is 0 Å². The minimum absolute atomic E-state index is 1.02. The van der Waals surface area contributed by atoms with Gasteiger partial charge in [-0.25, -0.2) is 4.68 Å². The van der Waals surface area contributed by atoms with E-state index >= 15 is 0 Å². The highest BCUT2D eigenvalue weighted by Crippen LogP contribution is 2.10. The summed E-state index contributed by atoms with van der Waals surface area (Å²) in [5.41, 5.74) is 1.25. The highest BCUT2D eigenvalue weighted by molar-refractivity contribution is 5.06. The van der Waals surface area contributed by atoms with E-state index in [0.717, 1.165) is 6.54 Å². The molecular formula is C3H3N3. The third-order valence-corrected chi connectivity index (χ3v) is 0.906. The molecule has 0 spiro atoms. The first kappa shape index (κ1) is 2.34. The summed E-state index contributed by atoms with van der Waals surface area (Å²) in [7, 11) is 0. The molecule has 0 saturated heterocycles. The smallest absolute Gasteiger partial charge is 0.0866 e. The number of hydrogen-bond donors (Lipinski definition) is 0. The molecule has 2 heterocycles. The van der Waals surface area contributed by atoms with E-state index < -0.39 is 0 Å². The zero-order valence-corrected chi connectivity index (χ0v) is 3.13. The molecule has 0 fully saturated rings. The number of rotatable bonds is 0. The Balaban J connectivity index is 2.88. The van der Waals surface area contributed by atoms with Crippen LogP contribution in [0.5, 0.6) is 0 Å². The molecule has 3 heteroatoms. The molecule has 3 nitrogen and oxygen atoms in total. The molecule has 1 aliphatic heterocycles. The molecule has 0 amide bonds. The zero-order valence-electron chi connectivity index (χ0n) is 3.13. The molecule has 0 aromatic carbocycles. The molecule has 0 atom stereocenters. The molecule has 0 aliphatic carbocycles. The summed E-state index contributed by atoms with van der Waals surface area (Å²) >= 11 is 0. The summed E-state index contributed by atoms with van der Waals surface area (Å²) < 4.78 is 1.85. The van der Waals surface area contributed by atoms with Gasteiger partial charge in [-0.3, -0.25) is 0 Å².